The van der Waals surface area contributed by atoms with Gasteiger partial charge in [0, 0.05) is 0 Å². The Balaban J connectivity index is 2.11. The third-order valence-corrected chi connectivity index (χ3v) is 2.94. The first-order valence-electron chi connectivity index (χ1n) is 5.77. The van der Waals surface area contributed by atoms with Gasteiger partial charge in [-0.2, -0.15) is 0 Å². The van der Waals surface area contributed by atoms with Crippen molar-refractivity contribution in [3.8, 4) is 0 Å². The lowest BCUT2D eigenvalue weighted by atomic mass is 9.88. The van der Waals surface area contributed by atoms with Crippen LogP contribution >= 0.6 is 0 Å². The Morgan fingerprint density at radius 3 is 2.08 bits per heavy atom. The second-order valence-corrected chi connectivity index (χ2v) is 4.12. The Kier molecular flexibility index (Phi) is 5.47. The van der Waals surface area contributed by atoms with Crippen LogP contribution in [0.1, 0.15) is 71.1 Å². The first-order chi connectivity index (χ1) is 5.93. The Labute approximate surface area is 77.7 Å². The minimum absolute atomic E-state index is 1.36. The first-order valence-corrected chi connectivity index (χ1v) is 5.77. The SMILES string of the molecule is CCCC[C]1CCCCCCC1. The molecule has 1 radical (unpaired) electrons. The molecule has 12 heavy (non-hydrogen) atoms. The van der Waals surface area contributed by atoms with Gasteiger partial charge in [-0.05, 0) is 25.2 Å². The fraction of sp³-hybridized carbons (Fsp3) is 0.917. The average Bonchev–Trinajstić information content (AvgIpc) is 2.02. The summed E-state index contributed by atoms with van der Waals surface area (Å²) in [6.07, 6.45) is 14.5. The maximum absolute atomic E-state index is 2.30. The van der Waals surface area contributed by atoms with E-state index in [4.69, 9.17) is 0 Å². The zero-order valence-electron chi connectivity index (χ0n) is 8.57. The topological polar surface area (TPSA) is 0 Å². The molecule has 0 aromatic heterocycles. The molecule has 0 N–H and O–H groups in total. The van der Waals surface area contributed by atoms with E-state index < -0.39 is 0 Å². The Morgan fingerprint density at radius 1 is 0.917 bits per heavy atom. The third-order valence-electron chi connectivity index (χ3n) is 2.94. The molecule has 0 aromatic carbocycles. The van der Waals surface area contributed by atoms with Gasteiger partial charge in [0.05, 0.1) is 0 Å². The fourth-order valence-electron chi connectivity index (χ4n) is 2.08. The zero-order chi connectivity index (χ0) is 8.65. The highest BCUT2D eigenvalue weighted by atomic mass is 14.2. The van der Waals surface area contributed by atoms with Crippen LogP contribution in [-0.4, -0.2) is 0 Å². The molecular weight excluding hydrogens is 144 g/mol. The van der Waals surface area contributed by atoms with Gasteiger partial charge >= 0.3 is 0 Å². The summed E-state index contributed by atoms with van der Waals surface area (Å²) in [7, 11) is 0. The van der Waals surface area contributed by atoms with Gasteiger partial charge < -0.3 is 0 Å². The van der Waals surface area contributed by atoms with Crippen LogP contribution in [0.4, 0.5) is 0 Å². The molecule has 1 rings (SSSR count). The summed E-state index contributed by atoms with van der Waals surface area (Å²) >= 11 is 0. The van der Waals surface area contributed by atoms with Crippen LogP contribution in [0.15, 0.2) is 0 Å². The summed E-state index contributed by atoms with van der Waals surface area (Å²) in [5, 5.41) is 0. The van der Waals surface area contributed by atoms with E-state index in [1.165, 1.54) is 64.2 Å². The molecule has 1 aliphatic rings. The minimum atomic E-state index is 1.36. The quantitative estimate of drug-likeness (QED) is 0.580. The number of hydrogen-bond donors (Lipinski definition) is 0. The standard InChI is InChI=1S/C12H23/c1-2-3-9-12-10-7-5-4-6-8-11-12/h2-11H2,1H3. The molecule has 0 aliphatic heterocycles. The van der Waals surface area contributed by atoms with Gasteiger partial charge in [0.15, 0.2) is 0 Å². The van der Waals surface area contributed by atoms with Crippen LogP contribution in [0.2, 0.25) is 0 Å². The van der Waals surface area contributed by atoms with Gasteiger partial charge in [-0.1, -0.05) is 51.9 Å². The predicted octanol–water partition coefficient (Wildman–Crippen LogP) is 4.50. The Morgan fingerprint density at radius 2 is 1.50 bits per heavy atom. The van der Waals surface area contributed by atoms with E-state index in [1.807, 2.05) is 5.92 Å². The van der Waals surface area contributed by atoms with Crippen molar-refractivity contribution in [2.45, 2.75) is 71.1 Å². The summed E-state index contributed by atoms with van der Waals surface area (Å²) in [4.78, 5) is 0. The van der Waals surface area contributed by atoms with Crippen molar-refractivity contribution in [2.75, 3.05) is 0 Å². The van der Waals surface area contributed by atoms with Crippen molar-refractivity contribution < 1.29 is 0 Å². The summed E-state index contributed by atoms with van der Waals surface area (Å²) < 4.78 is 0. The van der Waals surface area contributed by atoms with Crippen molar-refractivity contribution in [1.29, 1.82) is 0 Å². The Hall–Kier alpha value is 0. The molecule has 0 saturated heterocycles. The maximum Gasteiger partial charge on any atom is -0.0241 e. The second kappa shape index (κ2) is 6.51. The number of rotatable bonds is 3. The van der Waals surface area contributed by atoms with E-state index >= 15 is 0 Å². The van der Waals surface area contributed by atoms with E-state index in [2.05, 4.69) is 6.92 Å². The molecule has 1 aliphatic carbocycles. The van der Waals surface area contributed by atoms with Gasteiger partial charge in [-0.3, -0.25) is 0 Å². The fourth-order valence-corrected chi connectivity index (χ4v) is 2.08. The molecule has 0 spiro atoms. The molecule has 0 amide bonds. The van der Waals surface area contributed by atoms with Gasteiger partial charge in [0.2, 0.25) is 0 Å². The van der Waals surface area contributed by atoms with Crippen molar-refractivity contribution in [1.82, 2.24) is 0 Å². The molecule has 0 atom stereocenters. The molecule has 0 aromatic rings. The minimum Gasteiger partial charge on any atom is -0.0654 e. The van der Waals surface area contributed by atoms with Crippen molar-refractivity contribution >= 4 is 0 Å². The van der Waals surface area contributed by atoms with Crippen LogP contribution in [0.5, 0.6) is 0 Å². The monoisotopic (exact) mass is 167 g/mol. The largest absolute Gasteiger partial charge is 0.0654 e. The molecule has 1 saturated carbocycles. The molecule has 0 bridgehead atoms. The molecule has 71 valence electrons. The van der Waals surface area contributed by atoms with Gasteiger partial charge in [0.1, 0.15) is 0 Å². The third kappa shape index (κ3) is 4.13. The van der Waals surface area contributed by atoms with E-state index in [0.29, 0.717) is 0 Å². The lowest BCUT2D eigenvalue weighted by Gasteiger charge is -2.18. The molecule has 1 fully saturated rings. The van der Waals surface area contributed by atoms with E-state index in [1.54, 1.807) is 0 Å². The highest BCUT2D eigenvalue weighted by molar-refractivity contribution is 4.89. The summed E-state index contributed by atoms with van der Waals surface area (Å²) in [6.45, 7) is 2.30. The van der Waals surface area contributed by atoms with Crippen LogP contribution in [-0.2, 0) is 0 Å². The molecule has 0 unspecified atom stereocenters. The summed E-state index contributed by atoms with van der Waals surface area (Å²) in [5.41, 5.74) is 0. The highest BCUT2D eigenvalue weighted by Crippen LogP contribution is 2.27. The summed E-state index contributed by atoms with van der Waals surface area (Å²) in [6, 6.07) is 0. The first kappa shape index (κ1) is 10.1. The molecular formula is C12H23. The van der Waals surface area contributed by atoms with E-state index in [9.17, 15) is 0 Å². The number of hydrogen-bond acceptors (Lipinski definition) is 0. The second-order valence-electron chi connectivity index (χ2n) is 4.12. The van der Waals surface area contributed by atoms with Gasteiger partial charge in [-0.25, -0.2) is 0 Å². The maximum atomic E-state index is 2.30. The highest BCUT2D eigenvalue weighted by Gasteiger charge is 2.10. The van der Waals surface area contributed by atoms with Crippen molar-refractivity contribution in [3.05, 3.63) is 5.92 Å². The smallest absolute Gasteiger partial charge is 0.0241 e. The predicted molar refractivity (Wildman–Crippen MR) is 55.1 cm³/mol. The average molecular weight is 167 g/mol. The molecule has 0 heterocycles. The lowest BCUT2D eigenvalue weighted by molar-refractivity contribution is 0.497. The van der Waals surface area contributed by atoms with E-state index in [0.717, 1.165) is 0 Å². The van der Waals surface area contributed by atoms with Crippen LogP contribution in [0.3, 0.4) is 0 Å². The van der Waals surface area contributed by atoms with Crippen LogP contribution in [0, 0.1) is 5.92 Å². The van der Waals surface area contributed by atoms with E-state index in [-0.39, 0.29) is 0 Å². The van der Waals surface area contributed by atoms with Crippen LogP contribution in [0.25, 0.3) is 0 Å². The Bertz CT molecular complexity index is 85.5. The van der Waals surface area contributed by atoms with Crippen LogP contribution < -0.4 is 0 Å². The van der Waals surface area contributed by atoms with Crippen molar-refractivity contribution in [3.63, 3.8) is 0 Å². The number of unbranched alkanes of at least 4 members (excludes halogenated alkanes) is 1. The van der Waals surface area contributed by atoms with Gasteiger partial charge in [-0.15, -0.1) is 0 Å². The lowest BCUT2D eigenvalue weighted by Crippen LogP contribution is -2.01. The normalized spacial score (nSPS) is 21.8. The summed E-state index contributed by atoms with van der Waals surface area (Å²) in [5.74, 6) is 1.87. The molecule has 0 nitrogen and oxygen atoms in total. The van der Waals surface area contributed by atoms with Gasteiger partial charge in [0.25, 0.3) is 0 Å². The van der Waals surface area contributed by atoms with Crippen molar-refractivity contribution in [2.24, 2.45) is 0 Å². The zero-order valence-corrected chi connectivity index (χ0v) is 8.57. The molecule has 0 heteroatoms.